The molecule has 1 aliphatic heterocycles. The van der Waals surface area contributed by atoms with Crippen LogP contribution in [0.1, 0.15) is 24.4 Å². The topological polar surface area (TPSA) is 47.4 Å². The molecule has 1 atom stereocenters. The van der Waals surface area contributed by atoms with Crippen molar-refractivity contribution in [2.24, 2.45) is 0 Å². The Morgan fingerprint density at radius 1 is 1.11 bits per heavy atom. The predicted octanol–water partition coefficient (Wildman–Crippen LogP) is 4.24. The molecule has 1 unspecified atom stereocenters. The summed E-state index contributed by atoms with van der Waals surface area (Å²) in [6.45, 7) is 0.840. The number of ether oxygens (including phenoxy) is 1. The molecule has 0 N–H and O–H groups in total. The van der Waals surface area contributed by atoms with Crippen molar-refractivity contribution in [3.63, 3.8) is 0 Å². The molecular formula is C21H20ClN3O2. The highest BCUT2D eigenvalue weighted by molar-refractivity contribution is 6.33. The minimum Gasteiger partial charge on any atom is -0.497 e. The average Bonchev–Trinajstić information content (AvgIpc) is 3.20. The van der Waals surface area contributed by atoms with E-state index in [1.807, 2.05) is 42.5 Å². The lowest BCUT2D eigenvalue weighted by Gasteiger charge is -2.27. The second-order valence-corrected chi connectivity index (χ2v) is 6.90. The zero-order valence-corrected chi connectivity index (χ0v) is 15.8. The highest BCUT2D eigenvalue weighted by Crippen LogP contribution is 2.38. The molecule has 0 saturated carbocycles. The first kappa shape index (κ1) is 17.6. The summed E-state index contributed by atoms with van der Waals surface area (Å²) in [7, 11) is 1.66. The van der Waals surface area contributed by atoms with Crippen LogP contribution >= 0.6 is 11.6 Å². The number of hydrogen-bond donors (Lipinski definition) is 0. The lowest BCUT2D eigenvalue weighted by atomic mass is 10.0. The summed E-state index contributed by atoms with van der Waals surface area (Å²) >= 11 is 6.49. The van der Waals surface area contributed by atoms with Gasteiger partial charge < -0.3 is 9.64 Å². The van der Waals surface area contributed by atoms with E-state index in [4.69, 9.17) is 16.3 Å². The molecule has 5 nitrogen and oxygen atoms in total. The first-order valence-electron chi connectivity index (χ1n) is 8.93. The molecule has 138 valence electrons. The summed E-state index contributed by atoms with van der Waals surface area (Å²) < 4.78 is 6.58. The van der Waals surface area contributed by atoms with Gasteiger partial charge in [-0.05, 0) is 42.7 Å². The first-order valence-corrected chi connectivity index (χ1v) is 9.30. The van der Waals surface area contributed by atoms with E-state index in [1.54, 1.807) is 13.3 Å². The van der Waals surface area contributed by atoms with Gasteiger partial charge in [0.2, 0.25) is 0 Å². The summed E-state index contributed by atoms with van der Waals surface area (Å²) in [6, 6.07) is 17.5. The second-order valence-electron chi connectivity index (χ2n) is 6.52. The third kappa shape index (κ3) is 3.30. The Balaban J connectivity index is 1.69. The third-order valence-electron chi connectivity index (χ3n) is 4.96. The van der Waals surface area contributed by atoms with Gasteiger partial charge in [0.25, 0.3) is 5.56 Å². The fourth-order valence-corrected chi connectivity index (χ4v) is 3.84. The van der Waals surface area contributed by atoms with Crippen LogP contribution in [-0.4, -0.2) is 23.4 Å². The molecule has 0 radical (unpaired) electrons. The Morgan fingerprint density at radius 3 is 2.56 bits per heavy atom. The molecule has 1 aliphatic rings. The molecule has 0 aliphatic carbocycles. The minimum atomic E-state index is -0.305. The van der Waals surface area contributed by atoms with Gasteiger partial charge in [0, 0.05) is 6.54 Å². The number of aromatic nitrogens is 2. The Bertz CT molecular complexity index is 987. The highest BCUT2D eigenvalue weighted by atomic mass is 35.5. The maximum Gasteiger partial charge on any atom is 0.292 e. The molecular weight excluding hydrogens is 362 g/mol. The van der Waals surface area contributed by atoms with Crippen molar-refractivity contribution >= 4 is 17.3 Å². The van der Waals surface area contributed by atoms with Gasteiger partial charge in [-0.1, -0.05) is 41.9 Å². The van der Waals surface area contributed by atoms with Crippen LogP contribution in [0.25, 0.3) is 5.69 Å². The van der Waals surface area contributed by atoms with Gasteiger partial charge in [-0.3, -0.25) is 4.79 Å². The van der Waals surface area contributed by atoms with Crippen LogP contribution in [0.5, 0.6) is 5.75 Å². The molecule has 1 aromatic heterocycles. The lowest BCUT2D eigenvalue weighted by molar-refractivity contribution is 0.414. The van der Waals surface area contributed by atoms with E-state index < -0.39 is 0 Å². The van der Waals surface area contributed by atoms with E-state index in [9.17, 15) is 4.79 Å². The summed E-state index contributed by atoms with van der Waals surface area (Å²) in [5, 5.41) is 4.57. The lowest BCUT2D eigenvalue weighted by Crippen LogP contribution is -2.28. The predicted molar refractivity (Wildman–Crippen MR) is 107 cm³/mol. The van der Waals surface area contributed by atoms with E-state index in [0.29, 0.717) is 11.4 Å². The maximum absolute atomic E-state index is 12.8. The van der Waals surface area contributed by atoms with Crippen LogP contribution in [0.15, 0.2) is 65.6 Å². The molecule has 1 saturated heterocycles. The Labute approximate surface area is 162 Å². The molecule has 4 rings (SSSR count). The molecule has 2 aromatic carbocycles. The number of benzene rings is 2. The van der Waals surface area contributed by atoms with E-state index in [0.717, 1.165) is 25.1 Å². The number of rotatable bonds is 4. The van der Waals surface area contributed by atoms with Crippen LogP contribution in [0, 0.1) is 0 Å². The molecule has 6 heteroatoms. The molecule has 0 bridgehead atoms. The number of hydrogen-bond acceptors (Lipinski definition) is 4. The fraction of sp³-hybridized carbons (Fsp3) is 0.238. The van der Waals surface area contributed by atoms with E-state index >= 15 is 0 Å². The van der Waals surface area contributed by atoms with Crippen molar-refractivity contribution in [1.82, 2.24) is 9.78 Å². The molecule has 1 fully saturated rings. The van der Waals surface area contributed by atoms with Crippen molar-refractivity contribution in [1.29, 1.82) is 0 Å². The Kier molecular flexibility index (Phi) is 4.86. The SMILES string of the molecule is COc1ccc(C2CCCN2c2cnn(-c3ccccc3)c(=O)c2Cl)cc1. The molecule has 2 heterocycles. The van der Waals surface area contributed by atoms with Crippen LogP contribution < -0.4 is 15.2 Å². The van der Waals surface area contributed by atoms with Crippen LogP contribution in [0.3, 0.4) is 0 Å². The normalized spacial score (nSPS) is 16.5. The summed E-state index contributed by atoms with van der Waals surface area (Å²) in [4.78, 5) is 15.0. The molecule has 0 spiro atoms. The second kappa shape index (κ2) is 7.45. The molecule has 0 amide bonds. The number of para-hydroxylation sites is 1. The quantitative estimate of drug-likeness (QED) is 0.678. The van der Waals surface area contributed by atoms with Crippen LogP contribution in [0.4, 0.5) is 5.69 Å². The monoisotopic (exact) mass is 381 g/mol. The molecule has 27 heavy (non-hydrogen) atoms. The maximum atomic E-state index is 12.8. The summed E-state index contributed by atoms with van der Waals surface area (Å²) in [5.74, 6) is 0.827. The first-order chi connectivity index (χ1) is 13.2. The van der Waals surface area contributed by atoms with Crippen molar-refractivity contribution in [2.75, 3.05) is 18.6 Å². The standard InChI is InChI=1S/C21H20ClN3O2/c1-27-17-11-9-15(10-12-17)18-8-5-13-24(18)19-14-23-25(21(26)20(19)22)16-6-3-2-4-7-16/h2-4,6-7,9-12,14,18H,5,8,13H2,1H3. The van der Waals surface area contributed by atoms with Crippen molar-refractivity contribution in [2.45, 2.75) is 18.9 Å². The fourth-order valence-electron chi connectivity index (χ4n) is 3.61. The number of methoxy groups -OCH3 is 1. The number of halogens is 1. The summed E-state index contributed by atoms with van der Waals surface area (Å²) in [6.07, 6.45) is 3.73. The van der Waals surface area contributed by atoms with Gasteiger partial charge in [0.15, 0.2) is 0 Å². The smallest absolute Gasteiger partial charge is 0.292 e. The van der Waals surface area contributed by atoms with Gasteiger partial charge in [0.1, 0.15) is 10.8 Å². The molecule has 3 aromatic rings. The average molecular weight is 382 g/mol. The number of nitrogens with zero attached hydrogens (tertiary/aromatic N) is 3. The Hall–Kier alpha value is -2.79. The largest absolute Gasteiger partial charge is 0.497 e. The zero-order chi connectivity index (χ0) is 18.8. The van der Waals surface area contributed by atoms with E-state index in [1.165, 1.54) is 10.2 Å². The number of anilines is 1. The van der Waals surface area contributed by atoms with Crippen molar-refractivity contribution in [3.05, 3.63) is 81.7 Å². The zero-order valence-electron chi connectivity index (χ0n) is 15.0. The Morgan fingerprint density at radius 2 is 1.85 bits per heavy atom. The highest BCUT2D eigenvalue weighted by Gasteiger charge is 2.29. The third-order valence-corrected chi connectivity index (χ3v) is 5.32. The van der Waals surface area contributed by atoms with Gasteiger partial charge in [-0.15, -0.1) is 0 Å². The van der Waals surface area contributed by atoms with Gasteiger partial charge in [0.05, 0.1) is 30.7 Å². The van der Waals surface area contributed by atoms with Crippen molar-refractivity contribution in [3.8, 4) is 11.4 Å². The van der Waals surface area contributed by atoms with Crippen LogP contribution in [-0.2, 0) is 0 Å². The minimum absolute atomic E-state index is 0.169. The van der Waals surface area contributed by atoms with E-state index in [-0.39, 0.29) is 16.6 Å². The van der Waals surface area contributed by atoms with Crippen molar-refractivity contribution < 1.29 is 4.74 Å². The van der Waals surface area contributed by atoms with Gasteiger partial charge >= 0.3 is 0 Å². The summed E-state index contributed by atoms with van der Waals surface area (Å²) in [5.41, 5.74) is 2.26. The van der Waals surface area contributed by atoms with Gasteiger partial charge in [-0.25, -0.2) is 0 Å². The van der Waals surface area contributed by atoms with Gasteiger partial charge in [-0.2, -0.15) is 9.78 Å². The van der Waals surface area contributed by atoms with Crippen LogP contribution in [0.2, 0.25) is 5.02 Å². The van der Waals surface area contributed by atoms with E-state index in [2.05, 4.69) is 22.1 Å².